The van der Waals surface area contributed by atoms with E-state index in [0.29, 0.717) is 24.0 Å². The molecule has 0 spiro atoms. The summed E-state index contributed by atoms with van der Waals surface area (Å²) in [4.78, 5) is 22.5. The van der Waals surface area contributed by atoms with Gasteiger partial charge in [0.25, 0.3) is 0 Å². The third kappa shape index (κ3) is 4.49. The van der Waals surface area contributed by atoms with Crippen LogP contribution in [0.2, 0.25) is 0 Å². The maximum Gasteiger partial charge on any atom is 0.339 e. The first-order valence-electron chi connectivity index (χ1n) is 6.98. The lowest BCUT2D eigenvalue weighted by Crippen LogP contribution is -2.36. The number of ether oxygens (including phenoxy) is 1. The van der Waals surface area contributed by atoms with E-state index in [2.05, 4.69) is 10.6 Å². The molecule has 1 aliphatic rings. The highest BCUT2D eigenvalue weighted by molar-refractivity contribution is 5.88. The van der Waals surface area contributed by atoms with Crippen molar-refractivity contribution in [1.82, 2.24) is 10.6 Å². The lowest BCUT2D eigenvalue weighted by molar-refractivity contribution is 0.0695. The van der Waals surface area contributed by atoms with Crippen LogP contribution in [0.25, 0.3) is 0 Å². The van der Waals surface area contributed by atoms with E-state index < -0.39 is 5.97 Å². The van der Waals surface area contributed by atoms with Crippen molar-refractivity contribution in [3.05, 3.63) is 23.2 Å². The van der Waals surface area contributed by atoms with Crippen molar-refractivity contribution in [2.24, 2.45) is 5.92 Å². The van der Waals surface area contributed by atoms with E-state index in [4.69, 9.17) is 14.3 Å². The molecule has 0 radical (unpaired) electrons. The van der Waals surface area contributed by atoms with Gasteiger partial charge in [0.1, 0.15) is 17.1 Å². The van der Waals surface area contributed by atoms with Crippen LogP contribution >= 0.6 is 0 Å². The molecule has 1 aromatic rings. The Kier molecular flexibility index (Phi) is 5.21. The molecule has 1 atom stereocenters. The van der Waals surface area contributed by atoms with E-state index in [0.717, 1.165) is 26.1 Å². The van der Waals surface area contributed by atoms with Crippen molar-refractivity contribution in [2.45, 2.75) is 26.3 Å². The van der Waals surface area contributed by atoms with Crippen LogP contribution in [0.5, 0.6) is 0 Å². The summed E-state index contributed by atoms with van der Waals surface area (Å²) in [5.41, 5.74) is 0.119. The molecule has 0 saturated carbocycles. The summed E-state index contributed by atoms with van der Waals surface area (Å²) in [5, 5.41) is 14.3. The number of carbonyl (C=O) groups is 2. The van der Waals surface area contributed by atoms with Crippen molar-refractivity contribution in [3.8, 4) is 0 Å². The fraction of sp³-hybridized carbons (Fsp3) is 0.571. The predicted molar refractivity (Wildman–Crippen MR) is 74.2 cm³/mol. The molecule has 116 valence electrons. The third-order valence-electron chi connectivity index (χ3n) is 3.48. The molecule has 1 aliphatic heterocycles. The Hall–Kier alpha value is -2.02. The average Bonchev–Trinajstić information content (AvgIpc) is 3.06. The molecule has 1 aromatic heterocycles. The Morgan fingerprint density at radius 1 is 1.43 bits per heavy atom. The molecular weight excluding hydrogens is 276 g/mol. The standard InChI is InChI=1S/C14H20N2O5/c1-9-12(13(17)18)6-11(21-9)7-16-14(19)15-4-2-10-3-5-20-8-10/h6,10H,2-5,7-8H2,1H3,(H,17,18)(H2,15,16,19). The van der Waals surface area contributed by atoms with Gasteiger partial charge in [-0.05, 0) is 31.7 Å². The van der Waals surface area contributed by atoms with Gasteiger partial charge in [-0.2, -0.15) is 0 Å². The number of amides is 2. The number of urea groups is 1. The SMILES string of the molecule is Cc1oc(CNC(=O)NCCC2CCOC2)cc1C(=O)O. The molecule has 0 aromatic carbocycles. The number of nitrogens with one attached hydrogen (secondary N) is 2. The van der Waals surface area contributed by atoms with Crippen LogP contribution in [0.15, 0.2) is 10.5 Å². The van der Waals surface area contributed by atoms with Gasteiger partial charge in [-0.25, -0.2) is 9.59 Å². The first-order valence-corrected chi connectivity index (χ1v) is 6.98. The zero-order valence-electron chi connectivity index (χ0n) is 12.0. The van der Waals surface area contributed by atoms with Crippen LogP contribution in [-0.4, -0.2) is 36.9 Å². The molecule has 7 heteroatoms. The molecule has 21 heavy (non-hydrogen) atoms. The number of carbonyl (C=O) groups excluding carboxylic acids is 1. The molecule has 1 fully saturated rings. The monoisotopic (exact) mass is 296 g/mol. The number of aromatic carboxylic acids is 1. The number of aryl methyl sites for hydroxylation is 1. The largest absolute Gasteiger partial charge is 0.478 e. The van der Waals surface area contributed by atoms with Crippen molar-refractivity contribution in [3.63, 3.8) is 0 Å². The van der Waals surface area contributed by atoms with E-state index in [1.165, 1.54) is 6.07 Å². The van der Waals surface area contributed by atoms with Crippen LogP contribution in [-0.2, 0) is 11.3 Å². The summed E-state index contributed by atoms with van der Waals surface area (Å²) in [7, 11) is 0. The highest BCUT2D eigenvalue weighted by Crippen LogP contribution is 2.15. The van der Waals surface area contributed by atoms with E-state index in [1.54, 1.807) is 6.92 Å². The second kappa shape index (κ2) is 7.12. The van der Waals surface area contributed by atoms with Crippen LogP contribution in [0, 0.1) is 12.8 Å². The van der Waals surface area contributed by atoms with Crippen molar-refractivity contribution >= 4 is 12.0 Å². The molecule has 2 amide bonds. The molecule has 2 rings (SSSR count). The quantitative estimate of drug-likeness (QED) is 0.738. The lowest BCUT2D eigenvalue weighted by Gasteiger charge is -2.09. The zero-order chi connectivity index (χ0) is 15.2. The molecule has 2 heterocycles. The smallest absolute Gasteiger partial charge is 0.339 e. The molecule has 7 nitrogen and oxygen atoms in total. The number of rotatable bonds is 6. The van der Waals surface area contributed by atoms with Crippen molar-refractivity contribution in [2.75, 3.05) is 19.8 Å². The van der Waals surface area contributed by atoms with E-state index in [-0.39, 0.29) is 18.1 Å². The van der Waals surface area contributed by atoms with Crippen LogP contribution in [0.4, 0.5) is 4.79 Å². The minimum absolute atomic E-state index is 0.119. The van der Waals surface area contributed by atoms with Gasteiger partial charge >= 0.3 is 12.0 Å². The Balaban J connectivity index is 1.68. The fourth-order valence-corrected chi connectivity index (χ4v) is 2.27. The zero-order valence-corrected chi connectivity index (χ0v) is 12.0. The molecule has 0 aliphatic carbocycles. The van der Waals surface area contributed by atoms with Gasteiger partial charge in [-0.3, -0.25) is 0 Å². The van der Waals surface area contributed by atoms with Gasteiger partial charge < -0.3 is 24.9 Å². The average molecular weight is 296 g/mol. The predicted octanol–water partition coefficient (Wildman–Crippen LogP) is 1.51. The first-order chi connectivity index (χ1) is 10.1. The lowest BCUT2D eigenvalue weighted by atomic mass is 10.1. The van der Waals surface area contributed by atoms with Crippen LogP contribution < -0.4 is 10.6 Å². The highest BCUT2D eigenvalue weighted by Gasteiger charge is 2.16. The third-order valence-corrected chi connectivity index (χ3v) is 3.48. The summed E-state index contributed by atoms with van der Waals surface area (Å²) < 4.78 is 10.5. The Bertz CT molecular complexity index is 505. The topological polar surface area (TPSA) is 101 Å². The molecule has 3 N–H and O–H groups in total. The van der Waals surface area contributed by atoms with E-state index in [1.807, 2.05) is 0 Å². The Labute approximate surface area is 122 Å². The summed E-state index contributed by atoms with van der Waals surface area (Å²) >= 11 is 0. The van der Waals surface area contributed by atoms with Crippen molar-refractivity contribution < 1.29 is 23.8 Å². The minimum Gasteiger partial charge on any atom is -0.478 e. The summed E-state index contributed by atoms with van der Waals surface area (Å²) in [6.45, 7) is 3.91. The second-order valence-corrected chi connectivity index (χ2v) is 5.12. The molecule has 1 unspecified atom stereocenters. The van der Waals surface area contributed by atoms with Gasteiger partial charge in [-0.15, -0.1) is 0 Å². The van der Waals surface area contributed by atoms with Crippen molar-refractivity contribution in [1.29, 1.82) is 0 Å². The molecule has 0 bridgehead atoms. The minimum atomic E-state index is -1.04. The number of carboxylic acid groups (broad SMARTS) is 1. The van der Waals surface area contributed by atoms with Gasteiger partial charge in [0.05, 0.1) is 6.54 Å². The summed E-state index contributed by atoms with van der Waals surface area (Å²) in [6.07, 6.45) is 1.95. The summed E-state index contributed by atoms with van der Waals surface area (Å²) in [6, 6.07) is 1.13. The fourth-order valence-electron chi connectivity index (χ4n) is 2.27. The number of carboxylic acids is 1. The maximum absolute atomic E-state index is 11.6. The van der Waals surface area contributed by atoms with Gasteiger partial charge in [-0.1, -0.05) is 0 Å². The van der Waals surface area contributed by atoms with E-state index >= 15 is 0 Å². The normalized spacial score (nSPS) is 17.7. The van der Waals surface area contributed by atoms with Crippen LogP contribution in [0.3, 0.4) is 0 Å². The van der Waals surface area contributed by atoms with Gasteiger partial charge in [0.2, 0.25) is 0 Å². The first kappa shape index (κ1) is 15.4. The van der Waals surface area contributed by atoms with E-state index in [9.17, 15) is 9.59 Å². The van der Waals surface area contributed by atoms with Gasteiger partial charge in [0.15, 0.2) is 0 Å². The van der Waals surface area contributed by atoms with Gasteiger partial charge in [0, 0.05) is 19.8 Å². The molecular formula is C14H20N2O5. The second-order valence-electron chi connectivity index (χ2n) is 5.12. The summed E-state index contributed by atoms with van der Waals surface area (Å²) in [5.74, 6) is 0.243. The maximum atomic E-state index is 11.6. The number of furan rings is 1. The molecule has 1 saturated heterocycles. The van der Waals surface area contributed by atoms with Crippen LogP contribution in [0.1, 0.15) is 34.7 Å². The Morgan fingerprint density at radius 3 is 2.86 bits per heavy atom. The Morgan fingerprint density at radius 2 is 2.24 bits per heavy atom. The highest BCUT2D eigenvalue weighted by atomic mass is 16.5. The number of hydrogen-bond acceptors (Lipinski definition) is 4. The number of hydrogen-bond donors (Lipinski definition) is 3.